The monoisotopic (exact) mass is 280 g/mol. The summed E-state index contributed by atoms with van der Waals surface area (Å²) in [5.74, 6) is -0.471. The van der Waals surface area contributed by atoms with Gasteiger partial charge in [-0.05, 0) is 30.3 Å². The van der Waals surface area contributed by atoms with Crippen molar-refractivity contribution in [3.8, 4) is 5.75 Å². The van der Waals surface area contributed by atoms with Crippen LogP contribution >= 0.6 is 11.6 Å². The van der Waals surface area contributed by atoms with Crippen molar-refractivity contribution in [2.45, 2.75) is 0 Å². The van der Waals surface area contributed by atoms with Crippen LogP contribution in [-0.2, 0) is 4.79 Å². The van der Waals surface area contributed by atoms with Gasteiger partial charge in [0, 0.05) is 5.02 Å². The minimum absolute atomic E-state index is 0.139. The number of ether oxygens (including phenoxy) is 1. The molecule has 0 aliphatic carbocycles. The fraction of sp³-hybridized carbons (Fsp3) is 0.0769. The first kappa shape index (κ1) is 13.3. The van der Waals surface area contributed by atoms with E-state index in [1.54, 1.807) is 24.3 Å². The van der Waals surface area contributed by atoms with Crippen molar-refractivity contribution in [2.75, 3.05) is 11.9 Å². The molecule has 2 rings (SSSR count). The Morgan fingerprint density at radius 3 is 2.84 bits per heavy atom. The standard InChI is InChI=1S/C13H10ClFN2O2/c14-9-3-1-4-10(7-9)19-8-13(18)17-12-6-2-5-11(15)16-12/h1-7H,8H2,(H,16,17,18). The van der Waals surface area contributed by atoms with Crippen LogP contribution in [0.3, 0.4) is 0 Å². The first-order chi connectivity index (χ1) is 9.13. The molecule has 1 aromatic carbocycles. The molecule has 1 N–H and O–H groups in total. The predicted octanol–water partition coefficient (Wildman–Crippen LogP) is 2.89. The van der Waals surface area contributed by atoms with Gasteiger partial charge in [0.2, 0.25) is 5.95 Å². The number of aromatic nitrogens is 1. The number of hydrogen-bond donors (Lipinski definition) is 1. The molecule has 0 saturated carbocycles. The number of pyridine rings is 1. The lowest BCUT2D eigenvalue weighted by molar-refractivity contribution is -0.118. The molecule has 0 aliphatic heterocycles. The lowest BCUT2D eigenvalue weighted by Gasteiger charge is -2.07. The molecule has 0 bridgehead atoms. The summed E-state index contributed by atoms with van der Waals surface area (Å²) in [7, 11) is 0. The quantitative estimate of drug-likeness (QED) is 0.876. The number of carbonyl (C=O) groups excluding carboxylic acids is 1. The van der Waals surface area contributed by atoms with E-state index in [0.717, 1.165) is 0 Å². The van der Waals surface area contributed by atoms with E-state index in [-0.39, 0.29) is 12.4 Å². The minimum atomic E-state index is -0.659. The van der Waals surface area contributed by atoms with E-state index in [1.165, 1.54) is 18.2 Å². The van der Waals surface area contributed by atoms with Gasteiger partial charge in [-0.25, -0.2) is 4.98 Å². The number of carbonyl (C=O) groups is 1. The van der Waals surface area contributed by atoms with Crippen molar-refractivity contribution in [3.05, 3.63) is 53.4 Å². The maximum atomic E-state index is 12.8. The second kappa shape index (κ2) is 6.15. The second-order valence-corrected chi connectivity index (χ2v) is 4.08. The highest BCUT2D eigenvalue weighted by Gasteiger charge is 2.05. The molecule has 1 amide bonds. The average molecular weight is 281 g/mol. The fourth-order valence-corrected chi connectivity index (χ4v) is 1.54. The molecule has 1 aromatic heterocycles. The van der Waals surface area contributed by atoms with Gasteiger partial charge in [0.25, 0.3) is 5.91 Å². The zero-order valence-corrected chi connectivity index (χ0v) is 10.5. The van der Waals surface area contributed by atoms with Crippen LogP contribution in [0.25, 0.3) is 0 Å². The summed E-state index contributed by atoms with van der Waals surface area (Å²) in [6.45, 7) is -0.210. The van der Waals surface area contributed by atoms with Gasteiger partial charge in [-0.1, -0.05) is 23.7 Å². The van der Waals surface area contributed by atoms with Crippen molar-refractivity contribution in [2.24, 2.45) is 0 Å². The number of nitrogens with zero attached hydrogens (tertiary/aromatic N) is 1. The summed E-state index contributed by atoms with van der Waals surface area (Å²) in [5.41, 5.74) is 0. The number of hydrogen-bond acceptors (Lipinski definition) is 3. The van der Waals surface area contributed by atoms with Gasteiger partial charge >= 0.3 is 0 Å². The topological polar surface area (TPSA) is 51.2 Å². The summed E-state index contributed by atoms with van der Waals surface area (Å²) >= 11 is 5.78. The highest BCUT2D eigenvalue weighted by molar-refractivity contribution is 6.30. The number of amides is 1. The molecule has 6 heteroatoms. The van der Waals surface area contributed by atoms with E-state index in [2.05, 4.69) is 10.3 Å². The Morgan fingerprint density at radius 1 is 1.32 bits per heavy atom. The van der Waals surface area contributed by atoms with Crippen LogP contribution in [0, 0.1) is 5.95 Å². The molecule has 0 saturated heterocycles. The molecule has 0 unspecified atom stereocenters. The SMILES string of the molecule is O=C(COc1cccc(Cl)c1)Nc1cccc(F)n1. The van der Waals surface area contributed by atoms with Crippen LogP contribution in [0.2, 0.25) is 5.02 Å². The van der Waals surface area contributed by atoms with Crippen LogP contribution in [0.5, 0.6) is 5.75 Å². The van der Waals surface area contributed by atoms with Crippen LogP contribution in [0.4, 0.5) is 10.2 Å². The van der Waals surface area contributed by atoms with E-state index < -0.39 is 11.9 Å². The van der Waals surface area contributed by atoms with Crippen LogP contribution < -0.4 is 10.1 Å². The smallest absolute Gasteiger partial charge is 0.263 e. The summed E-state index contributed by atoms with van der Waals surface area (Å²) < 4.78 is 18.0. The summed E-state index contributed by atoms with van der Waals surface area (Å²) in [6, 6.07) is 10.8. The maximum Gasteiger partial charge on any atom is 0.263 e. The predicted molar refractivity (Wildman–Crippen MR) is 69.8 cm³/mol. The first-order valence-corrected chi connectivity index (χ1v) is 5.82. The van der Waals surface area contributed by atoms with Gasteiger partial charge in [-0.15, -0.1) is 0 Å². The Labute approximate surface area is 114 Å². The highest BCUT2D eigenvalue weighted by atomic mass is 35.5. The maximum absolute atomic E-state index is 12.8. The number of anilines is 1. The average Bonchev–Trinajstić information content (AvgIpc) is 2.36. The van der Waals surface area contributed by atoms with Gasteiger partial charge in [0.05, 0.1) is 0 Å². The molecule has 19 heavy (non-hydrogen) atoms. The van der Waals surface area contributed by atoms with Gasteiger partial charge in [-0.2, -0.15) is 4.39 Å². The zero-order chi connectivity index (χ0) is 13.7. The van der Waals surface area contributed by atoms with Crippen LogP contribution in [0.15, 0.2) is 42.5 Å². The molecular weight excluding hydrogens is 271 g/mol. The number of halogens is 2. The second-order valence-electron chi connectivity index (χ2n) is 3.64. The van der Waals surface area contributed by atoms with Crippen molar-refractivity contribution in [1.29, 1.82) is 0 Å². The number of nitrogens with one attached hydrogen (secondary N) is 1. The van der Waals surface area contributed by atoms with Crippen molar-refractivity contribution in [3.63, 3.8) is 0 Å². The van der Waals surface area contributed by atoms with E-state index >= 15 is 0 Å². The van der Waals surface area contributed by atoms with Gasteiger partial charge in [0.1, 0.15) is 11.6 Å². The normalized spacial score (nSPS) is 10.0. The third kappa shape index (κ3) is 4.22. The molecule has 4 nitrogen and oxygen atoms in total. The molecule has 0 fully saturated rings. The van der Waals surface area contributed by atoms with E-state index in [0.29, 0.717) is 10.8 Å². The largest absolute Gasteiger partial charge is 0.484 e. The fourth-order valence-electron chi connectivity index (χ4n) is 1.36. The Hall–Kier alpha value is -2.14. The molecule has 0 aliphatic rings. The molecule has 1 heterocycles. The van der Waals surface area contributed by atoms with Crippen molar-refractivity contribution >= 4 is 23.3 Å². The molecule has 98 valence electrons. The summed E-state index contributed by atoms with van der Waals surface area (Å²) in [4.78, 5) is 15.1. The third-order valence-corrected chi connectivity index (χ3v) is 2.38. The first-order valence-electron chi connectivity index (χ1n) is 5.44. The molecule has 0 radical (unpaired) electrons. The Morgan fingerprint density at radius 2 is 2.11 bits per heavy atom. The van der Waals surface area contributed by atoms with Crippen molar-refractivity contribution < 1.29 is 13.9 Å². The lowest BCUT2D eigenvalue weighted by atomic mass is 10.3. The van der Waals surface area contributed by atoms with E-state index in [4.69, 9.17) is 16.3 Å². The van der Waals surface area contributed by atoms with Crippen LogP contribution in [0.1, 0.15) is 0 Å². The van der Waals surface area contributed by atoms with E-state index in [1.807, 2.05) is 0 Å². The van der Waals surface area contributed by atoms with Crippen LogP contribution in [-0.4, -0.2) is 17.5 Å². The minimum Gasteiger partial charge on any atom is -0.484 e. The molecular formula is C13H10ClFN2O2. The van der Waals surface area contributed by atoms with E-state index in [9.17, 15) is 9.18 Å². The molecule has 0 spiro atoms. The van der Waals surface area contributed by atoms with Crippen molar-refractivity contribution in [1.82, 2.24) is 4.98 Å². The molecule has 0 atom stereocenters. The third-order valence-electron chi connectivity index (χ3n) is 2.15. The van der Waals surface area contributed by atoms with Gasteiger partial charge < -0.3 is 10.1 Å². The van der Waals surface area contributed by atoms with Gasteiger partial charge in [-0.3, -0.25) is 4.79 Å². The lowest BCUT2D eigenvalue weighted by Crippen LogP contribution is -2.20. The Balaban J connectivity index is 1.88. The zero-order valence-electron chi connectivity index (χ0n) is 9.77. The Kier molecular flexibility index (Phi) is 4.30. The molecule has 2 aromatic rings. The van der Waals surface area contributed by atoms with Gasteiger partial charge in [0.15, 0.2) is 6.61 Å². The number of rotatable bonds is 4. The number of benzene rings is 1. The summed E-state index contributed by atoms with van der Waals surface area (Å²) in [5, 5.41) is 2.94. The Bertz CT molecular complexity index is 592. The highest BCUT2D eigenvalue weighted by Crippen LogP contribution is 2.16. The summed E-state index contributed by atoms with van der Waals surface area (Å²) in [6.07, 6.45) is 0.